The quantitative estimate of drug-likeness (QED) is 0.854. The van der Waals surface area contributed by atoms with Gasteiger partial charge in [-0.2, -0.15) is 23.3 Å². The van der Waals surface area contributed by atoms with Gasteiger partial charge in [-0.05, 0) is 32.0 Å². The SMILES string of the molecule is O=c1cc(C2CCNCC2)n2c(n1)C1C=CC(C(F)(F)F)=CC1=N2. The van der Waals surface area contributed by atoms with Crippen LogP contribution >= 0.6 is 0 Å². The van der Waals surface area contributed by atoms with E-state index in [2.05, 4.69) is 15.4 Å². The Balaban J connectivity index is 1.79. The van der Waals surface area contributed by atoms with Gasteiger partial charge in [0.15, 0.2) is 0 Å². The molecule has 1 fully saturated rings. The first kappa shape index (κ1) is 15.3. The Kier molecular flexibility index (Phi) is 3.45. The monoisotopic (exact) mass is 336 g/mol. The molecular formula is C16H15F3N4O. The Labute approximate surface area is 135 Å². The number of nitrogens with one attached hydrogen (secondary N) is 1. The summed E-state index contributed by atoms with van der Waals surface area (Å²) in [5.41, 5.74) is -0.0937. The lowest BCUT2D eigenvalue weighted by atomic mass is 9.92. The summed E-state index contributed by atoms with van der Waals surface area (Å²) < 4.78 is 40.3. The molecule has 4 rings (SSSR count). The fourth-order valence-electron chi connectivity index (χ4n) is 3.43. The topological polar surface area (TPSA) is 59.3 Å². The van der Waals surface area contributed by atoms with Crippen LogP contribution in [0.15, 0.2) is 39.8 Å². The van der Waals surface area contributed by atoms with E-state index in [9.17, 15) is 18.0 Å². The standard InChI is InChI=1S/C16H15F3N4O/c17-16(18,19)10-1-2-11-12(7-10)22-23-13(8-14(24)21-15(11)23)9-3-5-20-6-4-9/h1-2,7-9,11,20H,3-6H2. The normalized spacial score (nSPS) is 23.5. The Morgan fingerprint density at radius 3 is 2.71 bits per heavy atom. The van der Waals surface area contributed by atoms with Gasteiger partial charge >= 0.3 is 6.18 Å². The summed E-state index contributed by atoms with van der Waals surface area (Å²) in [4.78, 5) is 16.0. The van der Waals surface area contributed by atoms with E-state index >= 15 is 0 Å². The van der Waals surface area contributed by atoms with Gasteiger partial charge in [0.05, 0.1) is 22.9 Å². The van der Waals surface area contributed by atoms with Gasteiger partial charge in [-0.1, -0.05) is 12.2 Å². The average molecular weight is 336 g/mol. The summed E-state index contributed by atoms with van der Waals surface area (Å²) in [7, 11) is 0. The number of halogens is 3. The van der Waals surface area contributed by atoms with Crippen molar-refractivity contribution in [3.8, 4) is 0 Å². The molecule has 1 atom stereocenters. The minimum Gasteiger partial charge on any atom is -0.317 e. The van der Waals surface area contributed by atoms with Crippen LogP contribution in [0.3, 0.4) is 0 Å². The number of alkyl halides is 3. The van der Waals surface area contributed by atoms with Gasteiger partial charge in [0.25, 0.3) is 5.56 Å². The van der Waals surface area contributed by atoms with Crippen LogP contribution in [0.4, 0.5) is 13.2 Å². The van der Waals surface area contributed by atoms with Gasteiger partial charge in [0, 0.05) is 12.0 Å². The Bertz CT molecular complexity index is 829. The molecule has 24 heavy (non-hydrogen) atoms. The van der Waals surface area contributed by atoms with Crippen LogP contribution in [0.5, 0.6) is 0 Å². The summed E-state index contributed by atoms with van der Waals surface area (Å²) in [6.07, 6.45) is 0.784. The summed E-state index contributed by atoms with van der Waals surface area (Å²) in [6.45, 7) is 1.68. The third kappa shape index (κ3) is 2.50. The number of aromatic nitrogens is 2. The predicted molar refractivity (Wildman–Crippen MR) is 82.2 cm³/mol. The van der Waals surface area contributed by atoms with Gasteiger partial charge in [0.2, 0.25) is 0 Å². The van der Waals surface area contributed by atoms with E-state index in [1.807, 2.05) is 0 Å². The Morgan fingerprint density at radius 1 is 1.25 bits per heavy atom. The van der Waals surface area contributed by atoms with Crippen molar-refractivity contribution < 1.29 is 13.2 Å². The predicted octanol–water partition coefficient (Wildman–Crippen LogP) is 2.07. The summed E-state index contributed by atoms with van der Waals surface area (Å²) in [5, 5.41) is 7.59. The maximum absolute atomic E-state index is 12.9. The van der Waals surface area contributed by atoms with Gasteiger partial charge in [-0.25, -0.2) is 4.68 Å². The van der Waals surface area contributed by atoms with Crippen LogP contribution in [-0.4, -0.2) is 34.6 Å². The van der Waals surface area contributed by atoms with Crippen molar-refractivity contribution in [2.45, 2.75) is 30.9 Å². The molecule has 8 heteroatoms. The second-order valence-corrected chi connectivity index (χ2v) is 6.17. The lowest BCUT2D eigenvalue weighted by Gasteiger charge is -2.24. The fourth-order valence-corrected chi connectivity index (χ4v) is 3.43. The lowest BCUT2D eigenvalue weighted by Crippen LogP contribution is -2.29. The molecule has 3 heterocycles. The number of fused-ring (bicyclic) bond motifs is 3. The highest BCUT2D eigenvalue weighted by Gasteiger charge is 2.38. The zero-order chi connectivity index (χ0) is 16.9. The molecule has 3 aliphatic rings. The number of nitrogens with zero attached hydrogens (tertiary/aromatic N) is 3. The second-order valence-electron chi connectivity index (χ2n) is 6.17. The molecule has 126 valence electrons. The van der Waals surface area contributed by atoms with Crippen LogP contribution < -0.4 is 10.9 Å². The molecule has 1 saturated heterocycles. The maximum Gasteiger partial charge on any atom is 0.416 e. The van der Waals surface area contributed by atoms with Crippen molar-refractivity contribution in [3.05, 3.63) is 51.7 Å². The van der Waals surface area contributed by atoms with E-state index in [0.29, 0.717) is 5.82 Å². The first-order chi connectivity index (χ1) is 11.4. The van der Waals surface area contributed by atoms with Gasteiger partial charge in [-0.15, -0.1) is 0 Å². The van der Waals surface area contributed by atoms with E-state index in [1.54, 1.807) is 4.68 Å². The molecule has 1 aromatic heterocycles. The van der Waals surface area contributed by atoms with Crippen LogP contribution in [0, 0.1) is 0 Å². The van der Waals surface area contributed by atoms with Crippen LogP contribution in [0.2, 0.25) is 0 Å². The summed E-state index contributed by atoms with van der Waals surface area (Å²) in [6, 6.07) is 1.46. The Morgan fingerprint density at radius 2 is 2.00 bits per heavy atom. The van der Waals surface area contributed by atoms with Gasteiger partial charge in [-0.3, -0.25) is 4.79 Å². The lowest BCUT2D eigenvalue weighted by molar-refractivity contribution is -0.0881. The molecular weight excluding hydrogens is 321 g/mol. The van der Waals surface area contributed by atoms with Crippen molar-refractivity contribution in [3.63, 3.8) is 0 Å². The van der Waals surface area contributed by atoms with Crippen LogP contribution in [0.1, 0.15) is 36.2 Å². The number of rotatable bonds is 1. The molecule has 0 saturated carbocycles. The third-order valence-electron chi connectivity index (χ3n) is 4.63. The third-order valence-corrected chi connectivity index (χ3v) is 4.63. The highest BCUT2D eigenvalue weighted by Crippen LogP contribution is 2.36. The molecule has 1 aliphatic carbocycles. The molecule has 0 amide bonds. The maximum atomic E-state index is 12.9. The van der Waals surface area contributed by atoms with Gasteiger partial charge in [0.1, 0.15) is 5.82 Å². The van der Waals surface area contributed by atoms with Crippen LogP contribution in [0.25, 0.3) is 0 Å². The van der Waals surface area contributed by atoms with E-state index in [-0.39, 0.29) is 17.2 Å². The second kappa shape index (κ2) is 5.41. The molecule has 1 unspecified atom stereocenters. The van der Waals surface area contributed by atoms with E-state index in [1.165, 1.54) is 12.1 Å². The number of allylic oxidation sites excluding steroid dienone is 4. The average Bonchev–Trinajstić information content (AvgIpc) is 2.92. The fraction of sp³-hybridized carbons (Fsp3) is 0.438. The van der Waals surface area contributed by atoms with E-state index < -0.39 is 17.7 Å². The summed E-state index contributed by atoms with van der Waals surface area (Å²) in [5.74, 6) is 0.0606. The van der Waals surface area contributed by atoms with E-state index in [4.69, 9.17) is 0 Å². The molecule has 0 radical (unpaired) electrons. The zero-order valence-electron chi connectivity index (χ0n) is 12.7. The number of hydrogen-bond donors (Lipinski definition) is 1. The highest BCUT2D eigenvalue weighted by atomic mass is 19.4. The van der Waals surface area contributed by atoms with Crippen molar-refractivity contribution in [1.29, 1.82) is 0 Å². The van der Waals surface area contributed by atoms with Gasteiger partial charge < -0.3 is 5.32 Å². The number of piperidine rings is 1. The number of hydrogen-bond acceptors (Lipinski definition) is 4. The zero-order valence-corrected chi connectivity index (χ0v) is 12.7. The van der Waals surface area contributed by atoms with Crippen molar-refractivity contribution in [2.24, 2.45) is 5.10 Å². The molecule has 5 nitrogen and oxygen atoms in total. The van der Waals surface area contributed by atoms with E-state index in [0.717, 1.165) is 43.8 Å². The van der Waals surface area contributed by atoms with Crippen molar-refractivity contribution >= 4 is 5.71 Å². The summed E-state index contributed by atoms with van der Waals surface area (Å²) >= 11 is 0. The molecule has 0 bridgehead atoms. The van der Waals surface area contributed by atoms with Crippen molar-refractivity contribution in [2.75, 3.05) is 13.1 Å². The largest absolute Gasteiger partial charge is 0.416 e. The highest BCUT2D eigenvalue weighted by molar-refractivity contribution is 6.04. The van der Waals surface area contributed by atoms with Crippen LogP contribution in [-0.2, 0) is 0 Å². The molecule has 2 aliphatic heterocycles. The van der Waals surface area contributed by atoms with Crippen molar-refractivity contribution in [1.82, 2.24) is 15.0 Å². The first-order valence-electron chi connectivity index (χ1n) is 7.84. The molecule has 1 N–H and O–H groups in total. The molecule has 0 aromatic carbocycles. The Hall–Kier alpha value is -2.22. The molecule has 1 aromatic rings. The molecule has 0 spiro atoms. The smallest absolute Gasteiger partial charge is 0.317 e. The minimum absolute atomic E-state index is 0.153. The first-order valence-corrected chi connectivity index (χ1v) is 7.84. The minimum atomic E-state index is -4.42.